The molecule has 0 saturated heterocycles. The number of rotatable bonds is 5. The molecule has 3 N–H and O–H groups in total. The van der Waals surface area contributed by atoms with Gasteiger partial charge in [-0.2, -0.15) is 0 Å². The Bertz CT molecular complexity index is 381. The number of anilines is 1. The smallest absolute Gasteiger partial charge is 0.238 e. The first-order valence-electron chi connectivity index (χ1n) is 5.53. The number of phenolic OH excluding ortho intramolecular Hbond substituents is 1. The number of hydrogen-bond donors (Lipinski definition) is 3. The molecule has 0 aromatic heterocycles. The van der Waals surface area contributed by atoms with Gasteiger partial charge in [0.2, 0.25) is 5.91 Å². The molecule has 0 aliphatic heterocycles. The Morgan fingerprint density at radius 2 is 2.18 bits per heavy atom. The van der Waals surface area contributed by atoms with Gasteiger partial charge in [-0.3, -0.25) is 4.79 Å². The molecule has 5 heteroatoms. The predicted octanol–water partition coefficient (Wildman–Crippen LogP) is 1.75. The van der Waals surface area contributed by atoms with Crippen molar-refractivity contribution in [2.75, 3.05) is 18.4 Å². The number of carbonyl (C=O) groups excluding carboxylic acids is 1. The fourth-order valence-corrected chi connectivity index (χ4v) is 1.50. The molecule has 1 aromatic rings. The highest BCUT2D eigenvalue weighted by Crippen LogP contribution is 2.27. The summed E-state index contributed by atoms with van der Waals surface area (Å²) >= 11 is 0. The molecule has 0 unspecified atom stereocenters. The SMILES string of the molecule is Cl.O=C(CNCC1CC1)Nc1cccc(O)c1. The van der Waals surface area contributed by atoms with Gasteiger partial charge in [-0.05, 0) is 37.4 Å². The molecule has 1 aliphatic rings. The van der Waals surface area contributed by atoms with E-state index in [1.807, 2.05) is 0 Å². The van der Waals surface area contributed by atoms with Crippen LogP contribution in [0.25, 0.3) is 0 Å². The summed E-state index contributed by atoms with van der Waals surface area (Å²) < 4.78 is 0. The first kappa shape index (κ1) is 13.8. The van der Waals surface area contributed by atoms with Crippen molar-refractivity contribution in [2.45, 2.75) is 12.8 Å². The van der Waals surface area contributed by atoms with E-state index in [4.69, 9.17) is 0 Å². The number of benzene rings is 1. The van der Waals surface area contributed by atoms with Crippen LogP contribution in [-0.4, -0.2) is 24.1 Å². The topological polar surface area (TPSA) is 61.4 Å². The van der Waals surface area contributed by atoms with E-state index in [-0.39, 0.29) is 24.1 Å². The highest BCUT2D eigenvalue weighted by atomic mass is 35.5. The van der Waals surface area contributed by atoms with Crippen molar-refractivity contribution in [3.63, 3.8) is 0 Å². The fraction of sp³-hybridized carbons (Fsp3) is 0.417. The maximum atomic E-state index is 11.5. The van der Waals surface area contributed by atoms with Crippen molar-refractivity contribution in [1.29, 1.82) is 0 Å². The molecular weight excluding hydrogens is 240 g/mol. The standard InChI is InChI=1S/C12H16N2O2.ClH/c15-11-3-1-2-10(6-11)14-12(16)8-13-7-9-4-5-9;/h1-3,6,9,13,15H,4-5,7-8H2,(H,14,16);1H. The minimum Gasteiger partial charge on any atom is -0.508 e. The number of halogens is 1. The molecule has 1 saturated carbocycles. The fourth-order valence-electron chi connectivity index (χ4n) is 1.50. The molecule has 1 aliphatic carbocycles. The lowest BCUT2D eigenvalue weighted by Gasteiger charge is -2.06. The predicted molar refractivity (Wildman–Crippen MR) is 69.6 cm³/mol. The molecule has 17 heavy (non-hydrogen) atoms. The lowest BCUT2D eigenvalue weighted by Crippen LogP contribution is -2.29. The Morgan fingerprint density at radius 1 is 1.41 bits per heavy atom. The maximum Gasteiger partial charge on any atom is 0.238 e. The second-order valence-electron chi connectivity index (χ2n) is 4.17. The minimum atomic E-state index is -0.0775. The highest BCUT2D eigenvalue weighted by Gasteiger charge is 2.20. The van der Waals surface area contributed by atoms with E-state index < -0.39 is 0 Å². The van der Waals surface area contributed by atoms with Crippen molar-refractivity contribution in [2.24, 2.45) is 5.92 Å². The van der Waals surface area contributed by atoms with Crippen LogP contribution in [0.2, 0.25) is 0 Å². The molecule has 94 valence electrons. The van der Waals surface area contributed by atoms with E-state index in [0.717, 1.165) is 12.5 Å². The maximum absolute atomic E-state index is 11.5. The van der Waals surface area contributed by atoms with Crippen molar-refractivity contribution in [1.82, 2.24) is 5.32 Å². The molecule has 0 bridgehead atoms. The lowest BCUT2D eigenvalue weighted by atomic mass is 10.3. The second-order valence-corrected chi connectivity index (χ2v) is 4.17. The van der Waals surface area contributed by atoms with Crippen molar-refractivity contribution in [3.05, 3.63) is 24.3 Å². The summed E-state index contributed by atoms with van der Waals surface area (Å²) in [6.07, 6.45) is 2.56. The van der Waals surface area contributed by atoms with Crippen LogP contribution in [0.3, 0.4) is 0 Å². The number of aromatic hydroxyl groups is 1. The molecule has 2 rings (SSSR count). The monoisotopic (exact) mass is 256 g/mol. The van der Waals surface area contributed by atoms with E-state index in [2.05, 4.69) is 10.6 Å². The molecule has 0 atom stereocenters. The quantitative estimate of drug-likeness (QED) is 0.752. The normalized spacial score (nSPS) is 13.9. The van der Waals surface area contributed by atoms with Gasteiger partial charge >= 0.3 is 0 Å². The van der Waals surface area contributed by atoms with Gasteiger partial charge in [0.05, 0.1) is 6.54 Å². The van der Waals surface area contributed by atoms with Gasteiger partial charge in [0.25, 0.3) is 0 Å². The zero-order valence-corrected chi connectivity index (χ0v) is 10.3. The Morgan fingerprint density at radius 3 is 2.82 bits per heavy atom. The van der Waals surface area contributed by atoms with Crippen LogP contribution >= 0.6 is 12.4 Å². The third-order valence-electron chi connectivity index (χ3n) is 2.55. The number of nitrogens with one attached hydrogen (secondary N) is 2. The summed E-state index contributed by atoms with van der Waals surface area (Å²) in [7, 11) is 0. The third kappa shape index (κ3) is 5.06. The van der Waals surface area contributed by atoms with Gasteiger partial charge < -0.3 is 15.7 Å². The van der Waals surface area contributed by atoms with E-state index >= 15 is 0 Å². The summed E-state index contributed by atoms with van der Waals surface area (Å²) in [6.45, 7) is 1.25. The van der Waals surface area contributed by atoms with Crippen molar-refractivity contribution >= 4 is 24.0 Å². The summed E-state index contributed by atoms with van der Waals surface area (Å²) in [6, 6.07) is 6.54. The number of phenols is 1. The van der Waals surface area contributed by atoms with Gasteiger partial charge in [0.1, 0.15) is 5.75 Å². The van der Waals surface area contributed by atoms with E-state index in [0.29, 0.717) is 12.2 Å². The first-order chi connectivity index (χ1) is 7.74. The van der Waals surface area contributed by atoms with E-state index in [9.17, 15) is 9.90 Å². The first-order valence-corrected chi connectivity index (χ1v) is 5.53. The zero-order chi connectivity index (χ0) is 11.4. The molecule has 1 amide bonds. The third-order valence-corrected chi connectivity index (χ3v) is 2.55. The Labute approximate surface area is 107 Å². The van der Waals surface area contributed by atoms with Crippen molar-refractivity contribution < 1.29 is 9.90 Å². The van der Waals surface area contributed by atoms with Gasteiger partial charge in [-0.25, -0.2) is 0 Å². The summed E-state index contributed by atoms with van der Waals surface area (Å²) in [5.41, 5.74) is 0.623. The zero-order valence-electron chi connectivity index (χ0n) is 9.48. The average Bonchev–Trinajstić information content (AvgIpc) is 3.01. The molecule has 0 heterocycles. The van der Waals surface area contributed by atoms with Crippen LogP contribution in [0.4, 0.5) is 5.69 Å². The molecule has 0 radical (unpaired) electrons. The van der Waals surface area contributed by atoms with E-state index in [1.54, 1.807) is 18.2 Å². The lowest BCUT2D eigenvalue weighted by molar-refractivity contribution is -0.115. The largest absolute Gasteiger partial charge is 0.508 e. The number of amides is 1. The molecule has 4 nitrogen and oxygen atoms in total. The molecular formula is C12H17ClN2O2. The Hall–Kier alpha value is -1.26. The molecule has 0 spiro atoms. The highest BCUT2D eigenvalue weighted by molar-refractivity contribution is 5.92. The number of carbonyl (C=O) groups is 1. The van der Waals surface area contributed by atoms with Gasteiger partial charge in [-0.1, -0.05) is 6.07 Å². The second kappa shape index (κ2) is 6.47. The average molecular weight is 257 g/mol. The number of hydrogen-bond acceptors (Lipinski definition) is 3. The van der Waals surface area contributed by atoms with Crippen LogP contribution in [0, 0.1) is 5.92 Å². The van der Waals surface area contributed by atoms with Crippen LogP contribution < -0.4 is 10.6 Å². The molecule has 1 aromatic carbocycles. The minimum absolute atomic E-state index is 0. The van der Waals surface area contributed by atoms with Crippen LogP contribution in [0.15, 0.2) is 24.3 Å². The van der Waals surface area contributed by atoms with E-state index in [1.165, 1.54) is 18.9 Å². The Balaban J connectivity index is 0.00000144. The summed E-state index contributed by atoms with van der Waals surface area (Å²) in [4.78, 5) is 11.5. The van der Waals surface area contributed by atoms with Crippen LogP contribution in [0.5, 0.6) is 5.75 Å². The van der Waals surface area contributed by atoms with Gasteiger partial charge in [0, 0.05) is 11.8 Å². The van der Waals surface area contributed by atoms with Gasteiger partial charge in [-0.15, -0.1) is 12.4 Å². The van der Waals surface area contributed by atoms with Crippen LogP contribution in [0.1, 0.15) is 12.8 Å². The summed E-state index contributed by atoms with van der Waals surface area (Å²) in [5.74, 6) is 0.851. The summed E-state index contributed by atoms with van der Waals surface area (Å²) in [5, 5.41) is 15.0. The van der Waals surface area contributed by atoms with Crippen LogP contribution in [-0.2, 0) is 4.79 Å². The van der Waals surface area contributed by atoms with Crippen molar-refractivity contribution in [3.8, 4) is 5.75 Å². The van der Waals surface area contributed by atoms with Gasteiger partial charge in [0.15, 0.2) is 0 Å². The molecule has 1 fully saturated rings. The Kier molecular flexibility index (Phi) is 5.25.